The molecule has 0 aromatic heterocycles. The molecule has 0 saturated carbocycles. The van der Waals surface area contributed by atoms with Crippen LogP contribution in [-0.4, -0.2) is 24.0 Å². The summed E-state index contributed by atoms with van der Waals surface area (Å²) in [6.07, 6.45) is 4.45. The van der Waals surface area contributed by atoms with Gasteiger partial charge in [0.15, 0.2) is 0 Å². The molecule has 1 nitrogen and oxygen atoms in total. The lowest BCUT2D eigenvalue weighted by atomic mass is 10.2. The van der Waals surface area contributed by atoms with Crippen LogP contribution < -0.4 is 0 Å². The van der Waals surface area contributed by atoms with E-state index in [1.165, 1.54) is 19.4 Å². The summed E-state index contributed by atoms with van der Waals surface area (Å²) in [4.78, 5) is 2.47. The Morgan fingerprint density at radius 1 is 1.45 bits per heavy atom. The van der Waals surface area contributed by atoms with E-state index in [9.17, 15) is 0 Å². The molecule has 0 N–H and O–H groups in total. The molecule has 0 amide bonds. The van der Waals surface area contributed by atoms with E-state index in [-0.39, 0.29) is 0 Å². The maximum Gasteiger partial charge on any atom is 0.0163 e. The molecular formula is C10H21N. The summed E-state index contributed by atoms with van der Waals surface area (Å²) < 4.78 is 0. The Balaban J connectivity index is 3.75. The summed E-state index contributed by atoms with van der Waals surface area (Å²) in [5.41, 5.74) is 0. The molecule has 11 heavy (non-hydrogen) atoms. The quantitative estimate of drug-likeness (QED) is 0.533. The third-order valence-electron chi connectivity index (χ3n) is 2.09. The van der Waals surface area contributed by atoms with E-state index < -0.39 is 0 Å². The van der Waals surface area contributed by atoms with Crippen molar-refractivity contribution in [1.29, 1.82) is 0 Å². The first-order valence-corrected chi connectivity index (χ1v) is 4.61. The van der Waals surface area contributed by atoms with Crippen molar-refractivity contribution in [3.05, 3.63) is 12.7 Å². The monoisotopic (exact) mass is 155 g/mol. The van der Waals surface area contributed by atoms with Gasteiger partial charge in [0.05, 0.1) is 0 Å². The number of hydrogen-bond acceptors (Lipinski definition) is 1. The highest BCUT2D eigenvalue weighted by molar-refractivity contribution is 4.76. The highest BCUT2D eigenvalue weighted by Crippen LogP contribution is 2.03. The molecule has 0 heterocycles. The largest absolute Gasteiger partial charge is 0.297 e. The lowest BCUT2D eigenvalue weighted by Crippen LogP contribution is -2.33. The van der Waals surface area contributed by atoms with Crippen LogP contribution >= 0.6 is 0 Å². The van der Waals surface area contributed by atoms with E-state index in [0.29, 0.717) is 6.04 Å². The zero-order valence-corrected chi connectivity index (χ0v) is 8.14. The average Bonchev–Trinajstić information content (AvgIpc) is 2.03. The maximum atomic E-state index is 3.76. The molecule has 0 rings (SSSR count). The van der Waals surface area contributed by atoms with E-state index in [1.54, 1.807) is 0 Å². The molecular weight excluding hydrogens is 134 g/mol. The Kier molecular flexibility index (Phi) is 6.24. The molecule has 1 unspecified atom stereocenters. The van der Waals surface area contributed by atoms with Gasteiger partial charge in [0, 0.05) is 12.6 Å². The van der Waals surface area contributed by atoms with Gasteiger partial charge in [0.2, 0.25) is 0 Å². The highest BCUT2D eigenvalue weighted by atomic mass is 15.1. The van der Waals surface area contributed by atoms with Gasteiger partial charge in [-0.2, -0.15) is 0 Å². The Bertz CT molecular complexity index is 99.0. The second-order valence-electron chi connectivity index (χ2n) is 3.04. The van der Waals surface area contributed by atoms with E-state index >= 15 is 0 Å². The summed E-state index contributed by atoms with van der Waals surface area (Å²) in [5.74, 6) is 0. The fraction of sp³-hybridized carbons (Fsp3) is 0.800. The predicted molar refractivity (Wildman–Crippen MR) is 51.8 cm³/mol. The van der Waals surface area contributed by atoms with Crippen LogP contribution in [0.2, 0.25) is 0 Å². The fourth-order valence-corrected chi connectivity index (χ4v) is 1.20. The van der Waals surface area contributed by atoms with Gasteiger partial charge in [-0.3, -0.25) is 4.90 Å². The second kappa shape index (κ2) is 6.41. The van der Waals surface area contributed by atoms with Gasteiger partial charge in [-0.25, -0.2) is 0 Å². The van der Waals surface area contributed by atoms with Gasteiger partial charge in [-0.15, -0.1) is 6.58 Å². The molecule has 0 spiro atoms. The summed E-state index contributed by atoms with van der Waals surface area (Å²) in [7, 11) is 0. The van der Waals surface area contributed by atoms with E-state index in [2.05, 4.69) is 32.3 Å². The van der Waals surface area contributed by atoms with Gasteiger partial charge in [0.25, 0.3) is 0 Å². The van der Waals surface area contributed by atoms with Gasteiger partial charge in [-0.1, -0.05) is 19.9 Å². The molecule has 0 saturated heterocycles. The molecule has 1 heteroatoms. The summed E-state index contributed by atoms with van der Waals surface area (Å²) in [5, 5.41) is 0. The minimum Gasteiger partial charge on any atom is -0.297 e. The predicted octanol–water partition coefficient (Wildman–Crippen LogP) is 2.68. The van der Waals surface area contributed by atoms with Crippen LogP contribution in [0.5, 0.6) is 0 Å². The molecule has 0 bridgehead atoms. The van der Waals surface area contributed by atoms with Gasteiger partial charge >= 0.3 is 0 Å². The Morgan fingerprint density at radius 2 is 2.09 bits per heavy atom. The van der Waals surface area contributed by atoms with Gasteiger partial charge in [0.1, 0.15) is 0 Å². The van der Waals surface area contributed by atoms with E-state index in [1.807, 2.05) is 6.08 Å². The zero-order valence-electron chi connectivity index (χ0n) is 8.14. The normalized spacial score (nSPS) is 13.5. The third kappa shape index (κ3) is 4.20. The maximum absolute atomic E-state index is 3.76. The lowest BCUT2D eigenvalue weighted by Gasteiger charge is -2.26. The van der Waals surface area contributed by atoms with E-state index in [0.717, 1.165) is 6.54 Å². The summed E-state index contributed by atoms with van der Waals surface area (Å²) >= 11 is 0. The van der Waals surface area contributed by atoms with Crippen LogP contribution in [0.4, 0.5) is 0 Å². The van der Waals surface area contributed by atoms with Crippen molar-refractivity contribution in [2.24, 2.45) is 0 Å². The van der Waals surface area contributed by atoms with Gasteiger partial charge < -0.3 is 0 Å². The van der Waals surface area contributed by atoms with E-state index in [4.69, 9.17) is 0 Å². The number of nitrogens with zero attached hydrogens (tertiary/aromatic N) is 1. The summed E-state index contributed by atoms with van der Waals surface area (Å²) in [6.45, 7) is 12.7. The standard InChI is InChI=1S/C10H21N/c1-5-8-11(9-6-2)10(4)7-3/h5,10H,1,6-9H2,2-4H3. The smallest absolute Gasteiger partial charge is 0.0163 e. The minimum absolute atomic E-state index is 0.702. The third-order valence-corrected chi connectivity index (χ3v) is 2.09. The minimum atomic E-state index is 0.702. The first-order valence-electron chi connectivity index (χ1n) is 4.61. The average molecular weight is 155 g/mol. The SMILES string of the molecule is C=CCN(CCC)C(C)CC. The lowest BCUT2D eigenvalue weighted by molar-refractivity contribution is 0.226. The molecule has 0 aliphatic rings. The van der Waals surface area contributed by atoms with Crippen molar-refractivity contribution < 1.29 is 0 Å². The fourth-order valence-electron chi connectivity index (χ4n) is 1.20. The first kappa shape index (κ1) is 10.7. The highest BCUT2D eigenvalue weighted by Gasteiger charge is 2.07. The second-order valence-corrected chi connectivity index (χ2v) is 3.04. The number of rotatable bonds is 6. The zero-order chi connectivity index (χ0) is 8.69. The van der Waals surface area contributed by atoms with Crippen molar-refractivity contribution in [1.82, 2.24) is 4.90 Å². The van der Waals surface area contributed by atoms with Crippen LogP contribution in [-0.2, 0) is 0 Å². The van der Waals surface area contributed by atoms with Crippen LogP contribution in [0.3, 0.4) is 0 Å². The Hall–Kier alpha value is -0.300. The molecule has 0 aliphatic carbocycles. The molecule has 0 aliphatic heterocycles. The van der Waals surface area contributed by atoms with Crippen LogP contribution in [0.25, 0.3) is 0 Å². The summed E-state index contributed by atoms with van der Waals surface area (Å²) in [6, 6.07) is 0.702. The van der Waals surface area contributed by atoms with Crippen LogP contribution in [0.1, 0.15) is 33.6 Å². The topological polar surface area (TPSA) is 3.24 Å². The van der Waals surface area contributed by atoms with Crippen molar-refractivity contribution in [3.63, 3.8) is 0 Å². The van der Waals surface area contributed by atoms with Crippen LogP contribution in [0.15, 0.2) is 12.7 Å². The van der Waals surface area contributed by atoms with Crippen molar-refractivity contribution in [3.8, 4) is 0 Å². The first-order chi connectivity index (χ1) is 5.26. The molecule has 0 fully saturated rings. The number of hydrogen-bond donors (Lipinski definition) is 0. The van der Waals surface area contributed by atoms with Crippen molar-refractivity contribution >= 4 is 0 Å². The molecule has 1 atom stereocenters. The van der Waals surface area contributed by atoms with Gasteiger partial charge in [-0.05, 0) is 26.3 Å². The molecule has 0 radical (unpaired) electrons. The van der Waals surface area contributed by atoms with Crippen LogP contribution in [0, 0.1) is 0 Å². The van der Waals surface area contributed by atoms with Crippen molar-refractivity contribution in [2.75, 3.05) is 13.1 Å². The Labute approximate surface area is 71.1 Å². The Morgan fingerprint density at radius 3 is 2.45 bits per heavy atom. The molecule has 0 aromatic rings. The van der Waals surface area contributed by atoms with Crippen molar-refractivity contribution in [2.45, 2.75) is 39.7 Å². The molecule has 66 valence electrons. The molecule has 0 aromatic carbocycles.